The van der Waals surface area contributed by atoms with Gasteiger partial charge in [0.1, 0.15) is 37.2 Å². The smallest absolute Gasteiger partial charge is 0.350 e. The minimum absolute atomic E-state index is 0.0471. The Morgan fingerprint density at radius 3 is 2.41 bits per heavy atom. The number of nitrogens with zero attached hydrogens (tertiary/aromatic N) is 9. The average Bonchev–Trinajstić information content (AvgIpc) is 3.88. The van der Waals surface area contributed by atoms with Crippen LogP contribution in [0, 0.1) is 6.92 Å². The van der Waals surface area contributed by atoms with E-state index in [0.717, 1.165) is 61.0 Å². The van der Waals surface area contributed by atoms with Crippen LogP contribution in [0.5, 0.6) is 5.75 Å². The number of rotatable bonds is 11. The molecule has 3 atom stereocenters. The van der Waals surface area contributed by atoms with Gasteiger partial charge in [0.2, 0.25) is 5.79 Å². The van der Waals surface area contributed by atoms with E-state index < -0.39 is 5.79 Å². The molecular formula is C35H40ClN9O4. The van der Waals surface area contributed by atoms with Crippen LogP contribution in [0.4, 0.5) is 11.5 Å². The first kappa shape index (κ1) is 32.8. The van der Waals surface area contributed by atoms with Crippen molar-refractivity contribution in [2.24, 2.45) is 0 Å². The summed E-state index contributed by atoms with van der Waals surface area (Å²) < 4.78 is 22.0. The molecule has 0 N–H and O–H groups in total. The van der Waals surface area contributed by atoms with Gasteiger partial charge >= 0.3 is 5.69 Å². The molecule has 2 aliphatic heterocycles. The molecule has 2 fully saturated rings. The zero-order valence-electron chi connectivity index (χ0n) is 27.9. The molecule has 49 heavy (non-hydrogen) atoms. The van der Waals surface area contributed by atoms with Crippen LogP contribution in [0.2, 0.25) is 5.02 Å². The summed E-state index contributed by atoms with van der Waals surface area (Å²) in [6.45, 7) is 10.3. The number of anilines is 2. The number of aromatic nitrogens is 7. The Morgan fingerprint density at radius 2 is 1.71 bits per heavy atom. The van der Waals surface area contributed by atoms with Crippen molar-refractivity contribution in [3.63, 3.8) is 0 Å². The number of hydrogen-bond donors (Lipinski definition) is 0. The molecule has 2 aromatic carbocycles. The van der Waals surface area contributed by atoms with Crippen molar-refractivity contribution < 1.29 is 14.2 Å². The standard InChI is InChI=1S/C35H40ClN9O4/c1-4-26(3)45-34(46)43(24-40-45)28-8-12-33(37-20-28)42-17-15-41(16-18-42)27-6-9-29(10-7-27)47-21-30-22-48-35(49-30,23-44-38-13-14-39-44)31-11-5-25(2)19-32(31)36/h5-14,19-20,24,26,30H,4,15-18,21-23H2,1-3H3. The van der Waals surface area contributed by atoms with Crippen molar-refractivity contribution in [1.29, 1.82) is 0 Å². The van der Waals surface area contributed by atoms with Gasteiger partial charge in [0.05, 0.1) is 36.9 Å². The summed E-state index contributed by atoms with van der Waals surface area (Å²) in [5.74, 6) is 0.518. The molecule has 0 spiro atoms. The first-order valence-electron chi connectivity index (χ1n) is 16.6. The lowest BCUT2D eigenvalue weighted by molar-refractivity contribution is -0.192. The van der Waals surface area contributed by atoms with Gasteiger partial charge in [0.25, 0.3) is 0 Å². The average molecular weight is 686 g/mol. The summed E-state index contributed by atoms with van der Waals surface area (Å²) in [6, 6.07) is 17.9. The largest absolute Gasteiger partial charge is 0.491 e. The van der Waals surface area contributed by atoms with Gasteiger partial charge in [-0.05, 0) is 68.3 Å². The van der Waals surface area contributed by atoms with Gasteiger partial charge in [-0.3, -0.25) is 0 Å². The first-order valence-corrected chi connectivity index (χ1v) is 17.0. The molecule has 3 unspecified atom stereocenters. The fourth-order valence-electron chi connectivity index (χ4n) is 6.21. The lowest BCUT2D eigenvalue weighted by Crippen LogP contribution is -2.46. The Kier molecular flexibility index (Phi) is 9.39. The highest BCUT2D eigenvalue weighted by atomic mass is 35.5. The summed E-state index contributed by atoms with van der Waals surface area (Å²) in [7, 11) is 0. The molecule has 256 valence electrons. The molecule has 13 nitrogen and oxygen atoms in total. The molecular weight excluding hydrogens is 646 g/mol. The summed E-state index contributed by atoms with van der Waals surface area (Å²) in [6.07, 6.45) is 7.07. The summed E-state index contributed by atoms with van der Waals surface area (Å²) in [5, 5.41) is 13.4. The molecule has 5 aromatic rings. The van der Waals surface area contributed by atoms with Crippen LogP contribution in [0.1, 0.15) is 37.4 Å². The van der Waals surface area contributed by atoms with Crippen molar-refractivity contribution >= 4 is 23.1 Å². The normalized spacial score (nSPS) is 20.1. The predicted octanol–water partition coefficient (Wildman–Crippen LogP) is 4.63. The molecule has 14 heteroatoms. The molecule has 0 radical (unpaired) electrons. The van der Waals surface area contributed by atoms with Crippen LogP contribution in [-0.2, 0) is 21.8 Å². The molecule has 3 aromatic heterocycles. The van der Waals surface area contributed by atoms with E-state index in [-0.39, 0.29) is 24.4 Å². The first-order chi connectivity index (χ1) is 23.8. The minimum Gasteiger partial charge on any atom is -0.491 e. The van der Waals surface area contributed by atoms with E-state index in [1.54, 1.807) is 29.7 Å². The lowest BCUT2D eigenvalue weighted by Gasteiger charge is -2.36. The molecule has 0 saturated carbocycles. The quantitative estimate of drug-likeness (QED) is 0.195. The highest BCUT2D eigenvalue weighted by Gasteiger charge is 2.46. The fraction of sp³-hybridized carbons (Fsp3) is 0.400. The maximum Gasteiger partial charge on any atom is 0.350 e. The maximum absolute atomic E-state index is 12.8. The monoisotopic (exact) mass is 685 g/mol. The number of aryl methyl sites for hydroxylation is 1. The molecule has 0 aliphatic carbocycles. The minimum atomic E-state index is -1.13. The summed E-state index contributed by atoms with van der Waals surface area (Å²) in [5.41, 5.74) is 3.47. The van der Waals surface area contributed by atoms with Crippen LogP contribution in [0.3, 0.4) is 0 Å². The third-order valence-corrected chi connectivity index (χ3v) is 9.48. The fourth-order valence-corrected chi connectivity index (χ4v) is 6.59. The summed E-state index contributed by atoms with van der Waals surface area (Å²) in [4.78, 5) is 23.6. The van der Waals surface area contributed by atoms with E-state index >= 15 is 0 Å². The highest BCUT2D eigenvalue weighted by molar-refractivity contribution is 6.31. The van der Waals surface area contributed by atoms with E-state index in [9.17, 15) is 4.79 Å². The summed E-state index contributed by atoms with van der Waals surface area (Å²) >= 11 is 6.66. The second-order valence-electron chi connectivity index (χ2n) is 12.5. The molecule has 2 aliphatic rings. The van der Waals surface area contributed by atoms with Crippen molar-refractivity contribution in [2.45, 2.75) is 51.7 Å². The zero-order chi connectivity index (χ0) is 34.0. The number of benzene rings is 2. The number of hydrogen-bond acceptors (Lipinski definition) is 10. The second kappa shape index (κ2) is 14.0. The Hall–Kier alpha value is -4.72. The Bertz CT molecular complexity index is 1900. The molecule has 0 amide bonds. The second-order valence-corrected chi connectivity index (χ2v) is 12.9. The van der Waals surface area contributed by atoms with Crippen LogP contribution >= 0.6 is 11.6 Å². The van der Waals surface area contributed by atoms with Gasteiger partial charge in [-0.1, -0.05) is 30.7 Å². The van der Waals surface area contributed by atoms with Crippen molar-refractivity contribution in [2.75, 3.05) is 49.2 Å². The van der Waals surface area contributed by atoms with Gasteiger partial charge in [0.15, 0.2) is 0 Å². The Morgan fingerprint density at radius 1 is 0.980 bits per heavy atom. The number of halogens is 1. The van der Waals surface area contributed by atoms with Crippen LogP contribution in [0.25, 0.3) is 5.69 Å². The third kappa shape index (κ3) is 6.91. The molecule has 7 rings (SSSR count). The van der Waals surface area contributed by atoms with Crippen LogP contribution in [0.15, 0.2) is 84.3 Å². The van der Waals surface area contributed by atoms with E-state index in [1.165, 1.54) is 9.25 Å². The van der Waals surface area contributed by atoms with Crippen LogP contribution in [-0.4, -0.2) is 79.8 Å². The molecule has 5 heterocycles. The van der Waals surface area contributed by atoms with Gasteiger partial charge in [-0.2, -0.15) is 20.1 Å². The van der Waals surface area contributed by atoms with Gasteiger partial charge in [0, 0.05) is 42.5 Å². The molecule has 2 saturated heterocycles. The van der Waals surface area contributed by atoms with E-state index in [0.29, 0.717) is 23.9 Å². The SMILES string of the molecule is CCC(C)n1ncn(-c2ccc(N3CCN(c4ccc(OCC5COC(Cn6nccn6)(c6ccc(C)cc6Cl)O5)cc4)CC3)nc2)c1=O. The number of pyridine rings is 1. The third-order valence-electron chi connectivity index (χ3n) is 9.16. The topological polar surface area (TPSA) is 118 Å². The molecule has 0 bridgehead atoms. The number of piperazine rings is 1. The lowest BCUT2D eigenvalue weighted by atomic mass is 10.0. The Balaban J connectivity index is 0.925. The zero-order valence-corrected chi connectivity index (χ0v) is 28.6. The van der Waals surface area contributed by atoms with Gasteiger partial charge < -0.3 is 24.0 Å². The maximum atomic E-state index is 12.8. The predicted molar refractivity (Wildman–Crippen MR) is 186 cm³/mol. The van der Waals surface area contributed by atoms with Crippen molar-refractivity contribution in [1.82, 2.24) is 34.3 Å². The number of ether oxygens (including phenoxy) is 3. The van der Waals surface area contributed by atoms with E-state index in [1.807, 2.05) is 63.2 Å². The van der Waals surface area contributed by atoms with Crippen molar-refractivity contribution in [3.8, 4) is 11.4 Å². The van der Waals surface area contributed by atoms with Gasteiger partial charge in [-0.25, -0.2) is 19.0 Å². The van der Waals surface area contributed by atoms with E-state index in [2.05, 4.69) is 42.2 Å². The van der Waals surface area contributed by atoms with Gasteiger partial charge in [-0.15, -0.1) is 0 Å². The highest BCUT2D eigenvalue weighted by Crippen LogP contribution is 2.40. The van der Waals surface area contributed by atoms with Crippen LogP contribution < -0.4 is 20.2 Å². The Labute approximate surface area is 289 Å². The van der Waals surface area contributed by atoms with E-state index in [4.69, 9.17) is 25.8 Å². The van der Waals surface area contributed by atoms with Crippen molar-refractivity contribution in [3.05, 3.63) is 106 Å².